The van der Waals surface area contributed by atoms with Crippen LogP contribution in [0.25, 0.3) is 11.2 Å². The second kappa shape index (κ2) is 6.93. The monoisotopic (exact) mass is 392 g/mol. The number of pyridine rings is 1. The zero-order valence-corrected chi connectivity index (χ0v) is 14.4. The maximum absolute atomic E-state index is 12.4. The van der Waals surface area contributed by atoms with Crippen LogP contribution in [0.2, 0.25) is 0 Å². The molecule has 1 aliphatic heterocycles. The average molecular weight is 392 g/mol. The van der Waals surface area contributed by atoms with E-state index >= 15 is 0 Å². The van der Waals surface area contributed by atoms with Crippen molar-refractivity contribution in [2.75, 3.05) is 24.6 Å². The Morgan fingerprint density at radius 2 is 1.92 bits per heavy atom. The van der Waals surface area contributed by atoms with Crippen molar-refractivity contribution in [2.45, 2.75) is 24.6 Å². The summed E-state index contributed by atoms with van der Waals surface area (Å²) in [6, 6.07) is 1.71. The SMILES string of the molecule is CC1CN(c2ccnc3nccnc23)CC(COS(=O)(=O)C(F)(F)F)O1. The van der Waals surface area contributed by atoms with Gasteiger partial charge in [0.25, 0.3) is 0 Å². The first-order valence-corrected chi connectivity index (χ1v) is 9.00. The topological polar surface area (TPSA) is 94.5 Å². The molecule has 0 spiro atoms. The van der Waals surface area contributed by atoms with Crippen LogP contribution < -0.4 is 4.90 Å². The standard InChI is InChI=1S/C14H15F3N4O4S/c1-9-6-21(11-2-3-19-13-12(11)18-4-5-20-13)7-10(25-9)8-24-26(22,23)14(15,16)17/h2-5,9-10H,6-8H2,1H3. The summed E-state index contributed by atoms with van der Waals surface area (Å²) in [5.41, 5.74) is -3.82. The molecule has 0 N–H and O–H groups in total. The van der Waals surface area contributed by atoms with Gasteiger partial charge in [0, 0.05) is 31.7 Å². The lowest BCUT2D eigenvalue weighted by Gasteiger charge is -2.38. The molecular formula is C14H15F3N4O4S. The van der Waals surface area contributed by atoms with Gasteiger partial charge in [-0.1, -0.05) is 0 Å². The van der Waals surface area contributed by atoms with E-state index < -0.39 is 28.3 Å². The van der Waals surface area contributed by atoms with Gasteiger partial charge in [-0.2, -0.15) is 21.6 Å². The third-order valence-electron chi connectivity index (χ3n) is 3.71. The highest BCUT2D eigenvalue weighted by atomic mass is 32.2. The van der Waals surface area contributed by atoms with Crippen LogP contribution >= 0.6 is 0 Å². The number of ether oxygens (including phenoxy) is 1. The van der Waals surface area contributed by atoms with E-state index in [1.165, 1.54) is 12.4 Å². The summed E-state index contributed by atoms with van der Waals surface area (Å²) in [6.07, 6.45) is 3.33. The number of hydrogen-bond donors (Lipinski definition) is 0. The van der Waals surface area contributed by atoms with Gasteiger partial charge in [-0.05, 0) is 13.0 Å². The second-order valence-corrected chi connectivity index (χ2v) is 7.32. The molecule has 1 fully saturated rings. The molecule has 12 heteroatoms. The molecule has 26 heavy (non-hydrogen) atoms. The Morgan fingerprint density at radius 1 is 1.23 bits per heavy atom. The van der Waals surface area contributed by atoms with E-state index in [4.69, 9.17) is 4.74 Å². The van der Waals surface area contributed by atoms with E-state index in [9.17, 15) is 21.6 Å². The number of hydrogen-bond acceptors (Lipinski definition) is 8. The molecule has 1 aliphatic rings. The Bertz CT molecular complexity index is 888. The summed E-state index contributed by atoms with van der Waals surface area (Å²) in [5, 5.41) is 0. The molecule has 1 saturated heterocycles. The highest BCUT2D eigenvalue weighted by Gasteiger charge is 2.47. The van der Waals surface area contributed by atoms with Gasteiger partial charge >= 0.3 is 15.6 Å². The van der Waals surface area contributed by atoms with Gasteiger partial charge in [0.05, 0.1) is 18.4 Å². The lowest BCUT2D eigenvalue weighted by molar-refractivity contribution is -0.0656. The first-order chi connectivity index (χ1) is 12.2. The Balaban J connectivity index is 1.78. The molecule has 142 valence electrons. The van der Waals surface area contributed by atoms with E-state index in [0.29, 0.717) is 23.4 Å². The summed E-state index contributed by atoms with van der Waals surface area (Å²) in [5.74, 6) is 0. The fraction of sp³-hybridized carbons (Fsp3) is 0.500. The second-order valence-electron chi connectivity index (χ2n) is 5.72. The molecule has 2 atom stereocenters. The van der Waals surface area contributed by atoms with Crippen LogP contribution in [0.3, 0.4) is 0 Å². The van der Waals surface area contributed by atoms with Crippen molar-refractivity contribution in [1.82, 2.24) is 15.0 Å². The summed E-state index contributed by atoms with van der Waals surface area (Å²) >= 11 is 0. The largest absolute Gasteiger partial charge is 0.523 e. The summed E-state index contributed by atoms with van der Waals surface area (Å²) in [7, 11) is -5.66. The number of rotatable bonds is 4. The smallest absolute Gasteiger partial charge is 0.369 e. The molecule has 0 aromatic carbocycles. The fourth-order valence-electron chi connectivity index (χ4n) is 2.68. The predicted octanol–water partition coefficient (Wildman–Crippen LogP) is 1.48. The van der Waals surface area contributed by atoms with Crippen molar-refractivity contribution in [3.05, 3.63) is 24.7 Å². The molecule has 0 radical (unpaired) electrons. The Kier molecular flexibility index (Phi) is 4.99. The molecule has 2 aromatic heterocycles. The molecule has 0 saturated carbocycles. The maximum Gasteiger partial charge on any atom is 0.523 e. The molecule has 3 heterocycles. The van der Waals surface area contributed by atoms with Gasteiger partial charge in [-0.15, -0.1) is 0 Å². The zero-order valence-electron chi connectivity index (χ0n) is 13.5. The first-order valence-electron chi connectivity index (χ1n) is 7.59. The number of morpholine rings is 1. The highest BCUT2D eigenvalue weighted by Crippen LogP contribution is 2.28. The zero-order chi connectivity index (χ0) is 18.9. The summed E-state index contributed by atoms with van der Waals surface area (Å²) < 4.78 is 68.9. The molecule has 3 rings (SSSR count). The molecule has 2 unspecified atom stereocenters. The van der Waals surface area contributed by atoms with Crippen molar-refractivity contribution < 1.29 is 30.5 Å². The molecule has 0 amide bonds. The number of halogens is 3. The first kappa shape index (κ1) is 18.7. The van der Waals surface area contributed by atoms with Gasteiger partial charge in [0.2, 0.25) is 0 Å². The minimum absolute atomic E-state index is 0.132. The Hall–Kier alpha value is -2.05. The number of alkyl halides is 3. The van der Waals surface area contributed by atoms with E-state index in [2.05, 4.69) is 19.1 Å². The molecule has 2 aromatic rings. The van der Waals surface area contributed by atoms with Gasteiger partial charge in [0.15, 0.2) is 5.65 Å². The highest BCUT2D eigenvalue weighted by molar-refractivity contribution is 7.87. The Morgan fingerprint density at radius 3 is 2.65 bits per heavy atom. The number of aromatic nitrogens is 3. The minimum Gasteiger partial charge on any atom is -0.369 e. The average Bonchev–Trinajstić information content (AvgIpc) is 2.58. The number of nitrogens with zero attached hydrogens (tertiary/aromatic N) is 4. The van der Waals surface area contributed by atoms with Crippen molar-refractivity contribution in [3.63, 3.8) is 0 Å². The third-order valence-corrected chi connectivity index (χ3v) is 4.72. The number of anilines is 1. The third kappa shape index (κ3) is 3.86. The predicted molar refractivity (Wildman–Crippen MR) is 84.8 cm³/mol. The van der Waals surface area contributed by atoms with Crippen LogP contribution in [0, 0.1) is 0 Å². The van der Waals surface area contributed by atoms with Gasteiger partial charge in [-0.3, -0.25) is 4.18 Å². The molecule has 8 nitrogen and oxygen atoms in total. The van der Waals surface area contributed by atoms with E-state index in [0.717, 1.165) is 0 Å². The van der Waals surface area contributed by atoms with Gasteiger partial charge in [0.1, 0.15) is 11.6 Å². The van der Waals surface area contributed by atoms with Crippen LogP contribution in [-0.2, 0) is 19.0 Å². The summed E-state index contributed by atoms with van der Waals surface area (Å²) in [4.78, 5) is 14.3. The molecule has 0 bridgehead atoms. The fourth-order valence-corrected chi connectivity index (χ4v) is 3.15. The van der Waals surface area contributed by atoms with Crippen LogP contribution in [0.5, 0.6) is 0 Å². The molecular weight excluding hydrogens is 377 g/mol. The lowest BCUT2D eigenvalue weighted by atomic mass is 10.2. The molecule has 0 aliphatic carbocycles. The van der Waals surface area contributed by atoms with Crippen molar-refractivity contribution in [1.29, 1.82) is 0 Å². The van der Waals surface area contributed by atoms with E-state index in [1.807, 2.05) is 4.90 Å². The quantitative estimate of drug-likeness (QED) is 0.571. The van der Waals surface area contributed by atoms with Gasteiger partial charge < -0.3 is 9.64 Å². The van der Waals surface area contributed by atoms with Crippen LogP contribution in [0.4, 0.5) is 18.9 Å². The maximum atomic E-state index is 12.4. The normalized spacial score (nSPS) is 21.9. The van der Waals surface area contributed by atoms with Crippen LogP contribution in [0.15, 0.2) is 24.7 Å². The van der Waals surface area contributed by atoms with E-state index in [-0.39, 0.29) is 12.6 Å². The number of fused-ring (bicyclic) bond motifs is 1. The Labute approximate surface area is 147 Å². The van der Waals surface area contributed by atoms with Crippen molar-refractivity contribution in [3.8, 4) is 0 Å². The van der Waals surface area contributed by atoms with Gasteiger partial charge in [-0.25, -0.2) is 15.0 Å². The van der Waals surface area contributed by atoms with Crippen LogP contribution in [-0.4, -0.2) is 60.8 Å². The summed E-state index contributed by atoms with van der Waals surface area (Å²) in [6.45, 7) is 1.56. The van der Waals surface area contributed by atoms with Crippen LogP contribution in [0.1, 0.15) is 6.92 Å². The van der Waals surface area contributed by atoms with E-state index in [1.54, 1.807) is 19.2 Å². The van der Waals surface area contributed by atoms with Crippen molar-refractivity contribution in [2.24, 2.45) is 0 Å². The minimum atomic E-state index is -5.66. The lowest BCUT2D eigenvalue weighted by Crippen LogP contribution is -2.49. The van der Waals surface area contributed by atoms with Crippen molar-refractivity contribution >= 4 is 27.0 Å².